The Hall–Kier alpha value is -2.14. The van der Waals surface area contributed by atoms with Gasteiger partial charge in [0, 0.05) is 18.5 Å². The minimum absolute atomic E-state index is 0.0769. The van der Waals surface area contributed by atoms with Crippen LogP contribution in [0.1, 0.15) is 38.2 Å². The highest BCUT2D eigenvalue weighted by molar-refractivity contribution is 5.97. The number of carbonyl (C=O) groups is 2. The van der Waals surface area contributed by atoms with Gasteiger partial charge in [-0.05, 0) is 31.4 Å². The Balaban J connectivity index is 2.22. The number of hydrogen-bond donors (Lipinski definition) is 3. The molecule has 114 valence electrons. The molecule has 0 heterocycles. The molecule has 0 bridgehead atoms. The number of carbonyl (C=O) groups excluding carboxylic acids is 2. The minimum Gasteiger partial charge on any atom is -0.352 e. The molecule has 0 saturated heterocycles. The Morgan fingerprint density at radius 1 is 1.14 bits per heavy atom. The monoisotopic (exact) mass is 290 g/mol. The van der Waals surface area contributed by atoms with Crippen molar-refractivity contribution in [3.8, 4) is 0 Å². The van der Waals surface area contributed by atoms with Crippen LogP contribution in [0.2, 0.25) is 0 Å². The molecule has 21 heavy (non-hydrogen) atoms. The molecular weight excluding hydrogens is 268 g/mol. The summed E-state index contributed by atoms with van der Waals surface area (Å²) in [5, 5.41) is 11.2. The Kier molecular flexibility index (Phi) is 7.82. The van der Waals surface area contributed by atoms with Crippen LogP contribution in [0.25, 0.3) is 6.08 Å². The van der Waals surface area contributed by atoms with Crippen LogP contribution >= 0.6 is 0 Å². The largest absolute Gasteiger partial charge is 0.352 e. The topological polar surface area (TPSA) is 78.4 Å². The molecule has 0 atom stereocenters. The minimum atomic E-state index is -0.374. The third kappa shape index (κ3) is 7.27. The van der Waals surface area contributed by atoms with Crippen molar-refractivity contribution in [1.29, 1.82) is 0 Å². The third-order valence-electron chi connectivity index (χ3n) is 3.03. The first-order valence-electron chi connectivity index (χ1n) is 7.08. The number of benzene rings is 1. The van der Waals surface area contributed by atoms with Crippen LogP contribution in [0, 0.1) is 0 Å². The van der Waals surface area contributed by atoms with E-state index in [1.54, 1.807) is 12.4 Å². The maximum absolute atomic E-state index is 11.9. The van der Waals surface area contributed by atoms with E-state index in [-0.39, 0.29) is 11.8 Å². The van der Waals surface area contributed by atoms with Gasteiger partial charge in [0.1, 0.15) is 0 Å². The summed E-state index contributed by atoms with van der Waals surface area (Å²) in [6, 6.07) is 9.69. The van der Waals surface area contributed by atoms with E-state index in [2.05, 4.69) is 5.32 Å². The summed E-state index contributed by atoms with van der Waals surface area (Å²) in [7, 11) is 0. The lowest BCUT2D eigenvalue weighted by Crippen LogP contribution is -2.25. The fourth-order valence-electron chi connectivity index (χ4n) is 1.85. The lowest BCUT2D eigenvalue weighted by Gasteiger charge is -2.05. The van der Waals surface area contributed by atoms with E-state index >= 15 is 0 Å². The van der Waals surface area contributed by atoms with Crippen molar-refractivity contribution in [3.05, 3.63) is 41.5 Å². The molecule has 0 fully saturated rings. The Bertz CT molecular complexity index is 484. The molecule has 0 spiro atoms. The first-order chi connectivity index (χ1) is 10.1. The van der Waals surface area contributed by atoms with Crippen molar-refractivity contribution in [2.75, 3.05) is 6.54 Å². The highest BCUT2D eigenvalue weighted by Gasteiger charge is 2.03. The molecule has 0 aromatic heterocycles. The summed E-state index contributed by atoms with van der Waals surface area (Å²) in [4.78, 5) is 22.6. The van der Waals surface area contributed by atoms with Crippen LogP contribution in [-0.4, -0.2) is 23.6 Å². The summed E-state index contributed by atoms with van der Waals surface area (Å²) in [6.45, 7) is 2.37. The Labute approximate surface area is 125 Å². The van der Waals surface area contributed by atoms with E-state index in [0.29, 0.717) is 25.0 Å². The number of nitrogens with one attached hydrogen (secondary N) is 2. The molecule has 0 aliphatic heterocycles. The number of rotatable bonds is 8. The van der Waals surface area contributed by atoms with Gasteiger partial charge >= 0.3 is 0 Å². The van der Waals surface area contributed by atoms with Crippen LogP contribution < -0.4 is 10.8 Å². The third-order valence-corrected chi connectivity index (χ3v) is 3.03. The molecule has 0 unspecified atom stereocenters. The summed E-state index contributed by atoms with van der Waals surface area (Å²) >= 11 is 0. The summed E-state index contributed by atoms with van der Waals surface area (Å²) in [5.74, 6) is -0.451. The lowest BCUT2D eigenvalue weighted by molar-refractivity contribution is -0.129. The molecule has 0 radical (unpaired) electrons. The van der Waals surface area contributed by atoms with E-state index in [1.807, 2.05) is 36.4 Å². The smallest absolute Gasteiger partial charge is 0.246 e. The fourth-order valence-corrected chi connectivity index (χ4v) is 1.85. The van der Waals surface area contributed by atoms with Gasteiger partial charge in [-0.3, -0.25) is 14.8 Å². The van der Waals surface area contributed by atoms with Gasteiger partial charge in [0.05, 0.1) is 0 Å². The second kappa shape index (κ2) is 9.72. The van der Waals surface area contributed by atoms with Gasteiger partial charge in [-0.15, -0.1) is 0 Å². The zero-order valence-corrected chi connectivity index (χ0v) is 12.3. The fraction of sp³-hybridized carbons (Fsp3) is 0.375. The molecule has 1 aromatic carbocycles. The second-order valence-electron chi connectivity index (χ2n) is 4.84. The van der Waals surface area contributed by atoms with Crippen molar-refractivity contribution >= 4 is 17.9 Å². The highest BCUT2D eigenvalue weighted by atomic mass is 16.5. The molecule has 2 amide bonds. The lowest BCUT2D eigenvalue weighted by atomic mass is 10.1. The molecule has 3 N–H and O–H groups in total. The van der Waals surface area contributed by atoms with Gasteiger partial charge in [-0.25, -0.2) is 5.48 Å². The van der Waals surface area contributed by atoms with Crippen LogP contribution in [0.3, 0.4) is 0 Å². The van der Waals surface area contributed by atoms with Crippen molar-refractivity contribution in [3.63, 3.8) is 0 Å². The quantitative estimate of drug-likeness (QED) is 0.297. The highest BCUT2D eigenvalue weighted by Crippen LogP contribution is 2.06. The van der Waals surface area contributed by atoms with Gasteiger partial charge < -0.3 is 5.32 Å². The Morgan fingerprint density at radius 2 is 1.86 bits per heavy atom. The van der Waals surface area contributed by atoms with E-state index < -0.39 is 0 Å². The van der Waals surface area contributed by atoms with E-state index in [4.69, 9.17) is 5.21 Å². The molecule has 5 nitrogen and oxygen atoms in total. The first kappa shape index (κ1) is 16.9. The number of hydroxylamine groups is 1. The molecule has 0 aliphatic rings. The SMILES string of the molecule is C/C(=C\c1ccccc1)C(=O)NCCCCCC(=O)NO. The van der Waals surface area contributed by atoms with Crippen molar-refractivity contribution in [2.45, 2.75) is 32.6 Å². The van der Waals surface area contributed by atoms with Crippen molar-refractivity contribution < 1.29 is 14.8 Å². The van der Waals surface area contributed by atoms with E-state index in [9.17, 15) is 9.59 Å². The summed E-state index contributed by atoms with van der Waals surface area (Å²) in [6.07, 6.45) is 4.48. The zero-order chi connectivity index (χ0) is 15.5. The van der Waals surface area contributed by atoms with Gasteiger partial charge in [-0.1, -0.05) is 36.8 Å². The van der Waals surface area contributed by atoms with Gasteiger partial charge in [-0.2, -0.15) is 0 Å². The molecular formula is C16H22N2O3. The molecule has 1 aromatic rings. The second-order valence-corrected chi connectivity index (χ2v) is 4.84. The average molecular weight is 290 g/mol. The average Bonchev–Trinajstić information content (AvgIpc) is 2.51. The zero-order valence-electron chi connectivity index (χ0n) is 12.3. The van der Waals surface area contributed by atoms with Crippen LogP contribution in [0.15, 0.2) is 35.9 Å². The number of amides is 2. The van der Waals surface area contributed by atoms with Gasteiger partial charge in [0.15, 0.2) is 0 Å². The molecule has 0 aliphatic carbocycles. The van der Waals surface area contributed by atoms with Crippen LogP contribution in [0.5, 0.6) is 0 Å². The number of unbranched alkanes of at least 4 members (excludes halogenated alkanes) is 2. The normalized spacial score (nSPS) is 11.0. The molecule has 1 rings (SSSR count). The Morgan fingerprint density at radius 3 is 2.52 bits per heavy atom. The summed E-state index contributed by atoms with van der Waals surface area (Å²) in [5.41, 5.74) is 3.26. The van der Waals surface area contributed by atoms with Crippen LogP contribution in [-0.2, 0) is 9.59 Å². The van der Waals surface area contributed by atoms with Crippen molar-refractivity contribution in [1.82, 2.24) is 10.8 Å². The summed E-state index contributed by atoms with van der Waals surface area (Å²) < 4.78 is 0. The van der Waals surface area contributed by atoms with E-state index in [0.717, 1.165) is 18.4 Å². The maximum atomic E-state index is 11.9. The first-order valence-corrected chi connectivity index (χ1v) is 7.08. The predicted octanol–water partition coefficient (Wildman–Crippen LogP) is 2.27. The molecule has 5 heteroatoms. The van der Waals surface area contributed by atoms with Crippen molar-refractivity contribution in [2.24, 2.45) is 0 Å². The maximum Gasteiger partial charge on any atom is 0.246 e. The molecule has 0 saturated carbocycles. The van der Waals surface area contributed by atoms with Gasteiger partial charge in [0.2, 0.25) is 11.8 Å². The van der Waals surface area contributed by atoms with Gasteiger partial charge in [0.25, 0.3) is 0 Å². The number of hydrogen-bond acceptors (Lipinski definition) is 3. The standard InChI is InChI=1S/C16H22N2O3/c1-13(12-14-8-4-2-5-9-14)16(20)17-11-7-3-6-10-15(19)18-21/h2,4-5,8-9,12,21H,3,6-7,10-11H2,1H3,(H,17,20)(H,18,19)/b13-12+. The predicted molar refractivity (Wildman–Crippen MR) is 81.5 cm³/mol. The van der Waals surface area contributed by atoms with E-state index in [1.165, 1.54) is 0 Å². The van der Waals surface area contributed by atoms with Crippen LogP contribution in [0.4, 0.5) is 0 Å².